The molecule has 2 aliphatic rings. The van der Waals surface area contributed by atoms with E-state index in [0.717, 1.165) is 5.92 Å². The van der Waals surface area contributed by atoms with Crippen LogP contribution in [0.2, 0.25) is 0 Å². The highest BCUT2D eigenvalue weighted by Crippen LogP contribution is 2.26. The molecule has 2 nitrogen and oxygen atoms in total. The maximum Gasteiger partial charge on any atom is 0.0277 e. The summed E-state index contributed by atoms with van der Waals surface area (Å²) < 4.78 is 0. The summed E-state index contributed by atoms with van der Waals surface area (Å²) in [5, 5.41) is 3.72. The van der Waals surface area contributed by atoms with Gasteiger partial charge in [0, 0.05) is 18.6 Å². The van der Waals surface area contributed by atoms with Gasteiger partial charge in [0.25, 0.3) is 0 Å². The second-order valence-electron chi connectivity index (χ2n) is 6.08. The highest BCUT2D eigenvalue weighted by molar-refractivity contribution is 4.88. The van der Waals surface area contributed by atoms with Crippen molar-refractivity contribution in [1.82, 2.24) is 10.2 Å². The average Bonchev–Trinajstić information content (AvgIpc) is 2.69. The van der Waals surface area contributed by atoms with Gasteiger partial charge in [-0.2, -0.15) is 0 Å². The smallest absolute Gasteiger partial charge is 0.0277 e. The molecule has 0 amide bonds. The molecule has 0 radical (unpaired) electrons. The van der Waals surface area contributed by atoms with Crippen LogP contribution in [0, 0.1) is 5.92 Å². The van der Waals surface area contributed by atoms with Gasteiger partial charge < -0.3 is 10.2 Å². The monoisotopic (exact) mass is 224 g/mol. The second kappa shape index (κ2) is 5.50. The van der Waals surface area contributed by atoms with Crippen molar-refractivity contribution in [2.24, 2.45) is 5.92 Å². The molecule has 1 saturated heterocycles. The summed E-state index contributed by atoms with van der Waals surface area (Å²) in [6, 6.07) is 0. The van der Waals surface area contributed by atoms with Gasteiger partial charge in [-0.3, -0.25) is 0 Å². The molecule has 2 heteroatoms. The largest absolute Gasteiger partial charge is 0.310 e. The van der Waals surface area contributed by atoms with E-state index in [0.29, 0.717) is 5.54 Å². The molecular formula is C14H28N2. The van der Waals surface area contributed by atoms with Gasteiger partial charge in [-0.15, -0.1) is 0 Å². The van der Waals surface area contributed by atoms with E-state index in [9.17, 15) is 0 Å². The van der Waals surface area contributed by atoms with Crippen LogP contribution in [-0.4, -0.2) is 36.6 Å². The Kier molecular flexibility index (Phi) is 4.26. The summed E-state index contributed by atoms with van der Waals surface area (Å²) in [6.45, 7) is 9.81. The first-order chi connectivity index (χ1) is 7.72. The minimum absolute atomic E-state index is 0.356. The molecule has 1 aliphatic heterocycles. The normalized spacial score (nSPS) is 34.1. The lowest BCUT2D eigenvalue weighted by molar-refractivity contribution is 0.189. The van der Waals surface area contributed by atoms with E-state index in [4.69, 9.17) is 0 Å². The van der Waals surface area contributed by atoms with Crippen LogP contribution in [0.4, 0.5) is 0 Å². The lowest BCUT2D eigenvalue weighted by Gasteiger charge is -2.33. The van der Waals surface area contributed by atoms with Gasteiger partial charge in [-0.1, -0.05) is 19.8 Å². The zero-order valence-electron chi connectivity index (χ0n) is 11.1. The van der Waals surface area contributed by atoms with Crippen LogP contribution in [0.3, 0.4) is 0 Å². The van der Waals surface area contributed by atoms with Crippen LogP contribution in [0.15, 0.2) is 0 Å². The first-order valence-electron chi connectivity index (χ1n) is 7.19. The van der Waals surface area contributed by atoms with Crippen LogP contribution in [0.25, 0.3) is 0 Å². The average molecular weight is 224 g/mol. The fourth-order valence-corrected chi connectivity index (χ4v) is 3.27. The summed E-state index contributed by atoms with van der Waals surface area (Å²) >= 11 is 0. The Labute approximate surface area is 101 Å². The molecule has 0 aromatic carbocycles. The van der Waals surface area contributed by atoms with Crippen molar-refractivity contribution in [1.29, 1.82) is 0 Å². The predicted octanol–water partition coefficient (Wildman–Crippen LogP) is 2.64. The summed E-state index contributed by atoms with van der Waals surface area (Å²) in [5.74, 6) is 0.999. The van der Waals surface area contributed by atoms with Gasteiger partial charge in [0.1, 0.15) is 0 Å². The molecule has 94 valence electrons. The molecule has 0 bridgehead atoms. The number of hydrogen-bond acceptors (Lipinski definition) is 2. The van der Waals surface area contributed by atoms with Crippen LogP contribution in [0.1, 0.15) is 52.4 Å². The highest BCUT2D eigenvalue weighted by atomic mass is 15.2. The van der Waals surface area contributed by atoms with Gasteiger partial charge in [0.15, 0.2) is 0 Å². The van der Waals surface area contributed by atoms with Gasteiger partial charge in [0.05, 0.1) is 0 Å². The molecule has 2 rings (SSSR count). The first kappa shape index (κ1) is 12.4. The van der Waals surface area contributed by atoms with Crippen molar-refractivity contribution in [3.05, 3.63) is 0 Å². The molecule has 1 heterocycles. The van der Waals surface area contributed by atoms with Gasteiger partial charge in [0.2, 0.25) is 0 Å². The first-order valence-corrected chi connectivity index (χ1v) is 7.19. The molecule has 0 aromatic heterocycles. The Bertz CT molecular complexity index is 211. The molecular weight excluding hydrogens is 196 g/mol. The van der Waals surface area contributed by atoms with E-state index < -0.39 is 0 Å². The number of nitrogens with one attached hydrogen (secondary N) is 1. The van der Waals surface area contributed by atoms with Crippen molar-refractivity contribution in [3.8, 4) is 0 Å². The van der Waals surface area contributed by atoms with Crippen LogP contribution < -0.4 is 5.32 Å². The van der Waals surface area contributed by atoms with E-state index in [1.807, 2.05) is 0 Å². The van der Waals surface area contributed by atoms with Gasteiger partial charge in [-0.25, -0.2) is 0 Å². The molecule has 16 heavy (non-hydrogen) atoms. The second-order valence-corrected chi connectivity index (χ2v) is 6.08. The summed E-state index contributed by atoms with van der Waals surface area (Å²) in [5.41, 5.74) is 0.356. The SMILES string of the molecule is CCC1(C)CN(CC2CCCC2)CCCN1. The van der Waals surface area contributed by atoms with Crippen molar-refractivity contribution in [3.63, 3.8) is 0 Å². The molecule has 1 unspecified atom stereocenters. The van der Waals surface area contributed by atoms with Crippen molar-refractivity contribution < 1.29 is 0 Å². The minimum Gasteiger partial charge on any atom is -0.310 e. The maximum absolute atomic E-state index is 3.72. The Balaban J connectivity index is 1.87. The van der Waals surface area contributed by atoms with E-state index >= 15 is 0 Å². The Morgan fingerprint density at radius 3 is 2.69 bits per heavy atom. The van der Waals surface area contributed by atoms with E-state index in [1.54, 1.807) is 0 Å². The van der Waals surface area contributed by atoms with E-state index in [1.165, 1.54) is 64.7 Å². The lowest BCUT2D eigenvalue weighted by atomic mass is 9.98. The summed E-state index contributed by atoms with van der Waals surface area (Å²) in [6.07, 6.45) is 8.47. The zero-order valence-corrected chi connectivity index (χ0v) is 11.1. The Morgan fingerprint density at radius 1 is 1.25 bits per heavy atom. The molecule has 1 saturated carbocycles. The topological polar surface area (TPSA) is 15.3 Å². The maximum atomic E-state index is 3.72. The Morgan fingerprint density at radius 2 is 2.00 bits per heavy atom. The fraction of sp³-hybridized carbons (Fsp3) is 1.00. The number of hydrogen-bond donors (Lipinski definition) is 1. The Hall–Kier alpha value is -0.0800. The van der Waals surface area contributed by atoms with Crippen molar-refractivity contribution in [2.45, 2.75) is 57.9 Å². The third kappa shape index (κ3) is 3.21. The highest BCUT2D eigenvalue weighted by Gasteiger charge is 2.28. The lowest BCUT2D eigenvalue weighted by Crippen LogP contribution is -2.49. The third-order valence-corrected chi connectivity index (χ3v) is 4.55. The standard InChI is InChI=1S/C14H28N2/c1-3-14(2)12-16(10-6-9-15-14)11-13-7-4-5-8-13/h13,15H,3-12H2,1-2H3. The van der Waals surface area contributed by atoms with Gasteiger partial charge >= 0.3 is 0 Å². The molecule has 1 N–H and O–H groups in total. The summed E-state index contributed by atoms with van der Waals surface area (Å²) in [4.78, 5) is 2.72. The quantitative estimate of drug-likeness (QED) is 0.793. The van der Waals surface area contributed by atoms with E-state index in [-0.39, 0.29) is 0 Å². The predicted molar refractivity (Wildman–Crippen MR) is 69.7 cm³/mol. The van der Waals surface area contributed by atoms with E-state index in [2.05, 4.69) is 24.1 Å². The molecule has 0 aromatic rings. The molecule has 2 fully saturated rings. The molecule has 0 spiro atoms. The fourth-order valence-electron chi connectivity index (χ4n) is 3.27. The molecule has 1 aliphatic carbocycles. The minimum atomic E-state index is 0.356. The molecule has 1 atom stereocenters. The van der Waals surface area contributed by atoms with Crippen molar-refractivity contribution >= 4 is 0 Å². The van der Waals surface area contributed by atoms with Gasteiger partial charge in [-0.05, 0) is 51.6 Å². The third-order valence-electron chi connectivity index (χ3n) is 4.55. The summed E-state index contributed by atoms with van der Waals surface area (Å²) in [7, 11) is 0. The van der Waals surface area contributed by atoms with Crippen molar-refractivity contribution in [2.75, 3.05) is 26.2 Å². The number of nitrogens with zero attached hydrogens (tertiary/aromatic N) is 1. The van der Waals surface area contributed by atoms with Crippen LogP contribution >= 0.6 is 0 Å². The van der Waals surface area contributed by atoms with Crippen LogP contribution in [0.5, 0.6) is 0 Å². The zero-order chi connectivity index (χ0) is 11.4. The number of rotatable bonds is 3. The van der Waals surface area contributed by atoms with Crippen LogP contribution in [-0.2, 0) is 0 Å².